The van der Waals surface area contributed by atoms with Gasteiger partial charge in [0.25, 0.3) is 0 Å². The van der Waals surface area contributed by atoms with E-state index in [1.165, 1.54) is 0 Å². The zero-order chi connectivity index (χ0) is 8.15. The van der Waals surface area contributed by atoms with Crippen LogP contribution in [0.5, 0.6) is 0 Å². The number of primary amides is 2. The number of carbonyl (C=O) groups is 2. The van der Waals surface area contributed by atoms with Gasteiger partial charge in [-0.3, -0.25) is 9.59 Å². The third-order valence-electron chi connectivity index (χ3n) is 0.905. The van der Waals surface area contributed by atoms with Crippen molar-refractivity contribution in [2.45, 2.75) is 12.5 Å². The molecule has 0 bridgehead atoms. The van der Waals surface area contributed by atoms with E-state index >= 15 is 0 Å². The quantitative estimate of drug-likeness (QED) is 0.334. The smallest absolute Gasteiger partial charge is 0.237 e. The van der Waals surface area contributed by atoms with E-state index in [2.05, 4.69) is 0 Å². The Morgan fingerprint density at radius 2 is 2.00 bits per heavy atom. The lowest BCUT2D eigenvalue weighted by molar-refractivity contribution is -0.127. The lowest BCUT2D eigenvalue weighted by Gasteiger charge is -2.06. The molecule has 0 fully saturated rings. The highest BCUT2D eigenvalue weighted by Gasteiger charge is 2.15. The summed E-state index contributed by atoms with van der Waals surface area (Å²) in [6.07, 6.45) is -0.300. The molecule has 0 aromatic rings. The van der Waals surface area contributed by atoms with E-state index in [1.54, 1.807) is 5.48 Å². The Morgan fingerprint density at radius 3 is 2.10 bits per heavy atom. The standard InChI is InChI=1S/C4H9N3O3/c5-3(8)1-2(7-10)4(6)9/h2,7,10H,1H2,(H2,5,8)(H2,6,9). The highest BCUT2D eigenvalue weighted by Crippen LogP contribution is 1.86. The van der Waals surface area contributed by atoms with Crippen LogP contribution in [0.4, 0.5) is 0 Å². The Bertz CT molecular complexity index is 147. The van der Waals surface area contributed by atoms with Crippen LogP contribution in [0.1, 0.15) is 6.42 Å². The Kier molecular flexibility index (Phi) is 3.37. The van der Waals surface area contributed by atoms with E-state index in [4.69, 9.17) is 16.7 Å². The summed E-state index contributed by atoms with van der Waals surface area (Å²) >= 11 is 0. The van der Waals surface area contributed by atoms with Gasteiger partial charge in [0.2, 0.25) is 11.8 Å². The van der Waals surface area contributed by atoms with Crippen LogP contribution in [-0.4, -0.2) is 23.1 Å². The first-order valence-electron chi connectivity index (χ1n) is 2.55. The lowest BCUT2D eigenvalue weighted by atomic mass is 10.2. The maximum absolute atomic E-state index is 10.3. The number of nitrogens with one attached hydrogen (secondary N) is 1. The molecular formula is C4H9N3O3. The van der Waals surface area contributed by atoms with Gasteiger partial charge in [-0.05, 0) is 0 Å². The number of carbonyl (C=O) groups excluding carboxylic acids is 2. The number of amides is 2. The summed E-state index contributed by atoms with van der Waals surface area (Å²) in [4.78, 5) is 20.4. The van der Waals surface area contributed by atoms with Crippen LogP contribution >= 0.6 is 0 Å². The Balaban J connectivity index is 3.83. The molecule has 1 atom stereocenters. The van der Waals surface area contributed by atoms with Gasteiger partial charge in [-0.25, -0.2) is 0 Å². The maximum atomic E-state index is 10.3. The second-order valence-corrected chi connectivity index (χ2v) is 1.75. The molecule has 58 valence electrons. The van der Waals surface area contributed by atoms with Gasteiger partial charge in [0.15, 0.2) is 0 Å². The largest absolute Gasteiger partial charge is 0.370 e. The first kappa shape index (κ1) is 8.86. The number of hydroxylamine groups is 1. The van der Waals surface area contributed by atoms with Gasteiger partial charge < -0.3 is 16.7 Å². The molecule has 0 rings (SSSR count). The van der Waals surface area contributed by atoms with Crippen LogP contribution in [0.3, 0.4) is 0 Å². The van der Waals surface area contributed by atoms with Crippen molar-refractivity contribution in [2.24, 2.45) is 11.5 Å². The number of hydrogen-bond acceptors (Lipinski definition) is 4. The van der Waals surface area contributed by atoms with Gasteiger partial charge in [0, 0.05) is 0 Å². The van der Waals surface area contributed by atoms with Crippen molar-refractivity contribution in [3.63, 3.8) is 0 Å². The van der Waals surface area contributed by atoms with Crippen LogP contribution in [0.15, 0.2) is 0 Å². The van der Waals surface area contributed by atoms with Crippen LogP contribution < -0.4 is 16.9 Å². The van der Waals surface area contributed by atoms with E-state index in [0.717, 1.165) is 0 Å². The summed E-state index contributed by atoms with van der Waals surface area (Å²) in [6, 6.07) is -1.09. The van der Waals surface area contributed by atoms with Gasteiger partial charge in [0.1, 0.15) is 6.04 Å². The fourth-order valence-corrected chi connectivity index (χ4v) is 0.411. The molecule has 1 unspecified atom stereocenters. The first-order chi connectivity index (χ1) is 4.57. The minimum Gasteiger partial charge on any atom is -0.370 e. The monoisotopic (exact) mass is 147 g/mol. The molecule has 6 nitrogen and oxygen atoms in total. The fraction of sp³-hybridized carbons (Fsp3) is 0.500. The molecule has 6 heteroatoms. The zero-order valence-electron chi connectivity index (χ0n) is 5.20. The van der Waals surface area contributed by atoms with Crippen LogP contribution in [0.2, 0.25) is 0 Å². The fourth-order valence-electron chi connectivity index (χ4n) is 0.411. The van der Waals surface area contributed by atoms with Gasteiger partial charge in [-0.2, -0.15) is 5.48 Å². The zero-order valence-corrected chi connectivity index (χ0v) is 5.20. The molecule has 6 N–H and O–H groups in total. The summed E-state index contributed by atoms with van der Waals surface area (Å²) in [5.41, 5.74) is 11.0. The average molecular weight is 147 g/mol. The van der Waals surface area contributed by atoms with Gasteiger partial charge in [0.05, 0.1) is 6.42 Å². The molecule has 0 aromatic heterocycles. The van der Waals surface area contributed by atoms with Crippen molar-refractivity contribution < 1.29 is 14.8 Å². The number of nitrogens with two attached hydrogens (primary N) is 2. The molecule has 0 saturated heterocycles. The van der Waals surface area contributed by atoms with E-state index < -0.39 is 17.9 Å². The summed E-state index contributed by atoms with van der Waals surface area (Å²) in [6.45, 7) is 0. The highest BCUT2D eigenvalue weighted by atomic mass is 16.5. The third kappa shape index (κ3) is 3.00. The Morgan fingerprint density at radius 1 is 1.50 bits per heavy atom. The van der Waals surface area contributed by atoms with Gasteiger partial charge in [-0.1, -0.05) is 0 Å². The van der Waals surface area contributed by atoms with Crippen LogP contribution in [-0.2, 0) is 9.59 Å². The molecule has 0 radical (unpaired) electrons. The van der Waals surface area contributed by atoms with Crippen LogP contribution in [0, 0.1) is 0 Å². The minimum atomic E-state index is -1.09. The Hall–Kier alpha value is -1.14. The summed E-state index contributed by atoms with van der Waals surface area (Å²) in [7, 11) is 0. The summed E-state index contributed by atoms with van der Waals surface area (Å²) < 4.78 is 0. The molecule has 0 aliphatic heterocycles. The van der Waals surface area contributed by atoms with E-state index in [-0.39, 0.29) is 6.42 Å². The number of hydrogen-bond donors (Lipinski definition) is 4. The Labute approximate surface area is 57.1 Å². The highest BCUT2D eigenvalue weighted by molar-refractivity contribution is 5.86. The molecule has 0 aliphatic rings. The van der Waals surface area contributed by atoms with E-state index in [9.17, 15) is 9.59 Å². The predicted octanol–water partition coefficient (Wildman–Crippen LogP) is -2.31. The van der Waals surface area contributed by atoms with Crippen molar-refractivity contribution in [3.05, 3.63) is 0 Å². The molecule has 0 saturated carbocycles. The van der Waals surface area contributed by atoms with Crippen LogP contribution in [0.25, 0.3) is 0 Å². The van der Waals surface area contributed by atoms with Crippen molar-refractivity contribution >= 4 is 11.8 Å². The molecule has 10 heavy (non-hydrogen) atoms. The second-order valence-electron chi connectivity index (χ2n) is 1.75. The van der Waals surface area contributed by atoms with E-state index in [1.807, 2.05) is 0 Å². The molecular weight excluding hydrogens is 138 g/mol. The summed E-state index contributed by atoms with van der Waals surface area (Å²) in [5, 5.41) is 8.19. The molecule has 0 spiro atoms. The predicted molar refractivity (Wildman–Crippen MR) is 31.7 cm³/mol. The molecule has 0 heterocycles. The minimum absolute atomic E-state index is 0.300. The molecule has 0 aliphatic carbocycles. The van der Waals surface area contributed by atoms with Crippen molar-refractivity contribution in [3.8, 4) is 0 Å². The second kappa shape index (κ2) is 3.80. The molecule has 0 aromatic carbocycles. The van der Waals surface area contributed by atoms with Crippen molar-refractivity contribution in [1.29, 1.82) is 0 Å². The average Bonchev–Trinajstić information content (AvgIpc) is 1.81. The first-order valence-corrected chi connectivity index (χ1v) is 2.55. The maximum Gasteiger partial charge on any atom is 0.237 e. The van der Waals surface area contributed by atoms with Gasteiger partial charge >= 0.3 is 0 Å². The normalized spacial score (nSPS) is 12.5. The van der Waals surface area contributed by atoms with Crippen molar-refractivity contribution in [2.75, 3.05) is 0 Å². The van der Waals surface area contributed by atoms with Gasteiger partial charge in [-0.15, -0.1) is 0 Å². The lowest BCUT2D eigenvalue weighted by Crippen LogP contribution is -2.42. The number of rotatable bonds is 4. The SMILES string of the molecule is NC(=O)CC(NO)C(N)=O. The molecule has 2 amide bonds. The van der Waals surface area contributed by atoms with E-state index in [0.29, 0.717) is 0 Å². The van der Waals surface area contributed by atoms with Crippen molar-refractivity contribution in [1.82, 2.24) is 5.48 Å². The summed E-state index contributed by atoms with van der Waals surface area (Å²) in [5.74, 6) is -1.52. The topological polar surface area (TPSA) is 118 Å². The third-order valence-corrected chi connectivity index (χ3v) is 0.905.